The maximum Gasteiger partial charge on any atom is 0.253 e. The second-order valence-corrected chi connectivity index (χ2v) is 10.9. The van der Waals surface area contributed by atoms with Crippen LogP contribution in [-0.4, -0.2) is 47.0 Å². The Bertz CT molecular complexity index is 1340. The molecular formula is C29H30N4OS. The summed E-state index contributed by atoms with van der Waals surface area (Å²) < 4.78 is 0. The van der Waals surface area contributed by atoms with E-state index in [0.717, 1.165) is 60.3 Å². The van der Waals surface area contributed by atoms with Crippen LogP contribution in [0, 0.1) is 5.92 Å². The number of benzene rings is 2. The molecule has 6 heteroatoms. The number of aryl methyl sites for hydroxylation is 1. The van der Waals surface area contributed by atoms with E-state index >= 15 is 0 Å². The summed E-state index contributed by atoms with van der Waals surface area (Å²) in [6.45, 7) is 5.34. The van der Waals surface area contributed by atoms with Crippen molar-refractivity contribution < 1.29 is 4.79 Å². The number of thiophene rings is 1. The SMILES string of the molecule is CC1CCc2c(sc3nc(Cc4ccccc4)nc(N4CCN(C(=O)c5ccccc5)CC4)c23)C1. The molecule has 1 atom stereocenters. The molecule has 2 aromatic heterocycles. The normalized spacial score (nSPS) is 18.0. The quantitative estimate of drug-likeness (QED) is 0.392. The number of hydrogen-bond donors (Lipinski definition) is 0. The van der Waals surface area contributed by atoms with Crippen molar-refractivity contribution in [1.82, 2.24) is 14.9 Å². The monoisotopic (exact) mass is 482 g/mol. The second-order valence-electron chi connectivity index (χ2n) is 9.80. The van der Waals surface area contributed by atoms with Crippen molar-refractivity contribution >= 4 is 33.3 Å². The highest BCUT2D eigenvalue weighted by atomic mass is 32.1. The van der Waals surface area contributed by atoms with E-state index in [4.69, 9.17) is 9.97 Å². The van der Waals surface area contributed by atoms with Gasteiger partial charge in [0.2, 0.25) is 0 Å². The Balaban J connectivity index is 1.32. The molecule has 178 valence electrons. The average molecular weight is 483 g/mol. The molecule has 4 aromatic rings. The standard InChI is InChI=1S/C29H30N4OS/c1-20-12-13-23-24(18-20)35-28-26(23)27(30-25(31-28)19-21-8-4-2-5-9-21)32-14-16-33(17-15-32)29(34)22-10-6-3-7-11-22/h2-11,20H,12-19H2,1H3. The molecule has 0 N–H and O–H groups in total. The molecule has 0 saturated carbocycles. The highest BCUT2D eigenvalue weighted by Crippen LogP contribution is 2.41. The van der Waals surface area contributed by atoms with Crippen molar-refractivity contribution in [2.45, 2.75) is 32.6 Å². The maximum absolute atomic E-state index is 13.0. The zero-order chi connectivity index (χ0) is 23.8. The number of amides is 1. The number of anilines is 1. The van der Waals surface area contributed by atoms with Gasteiger partial charge in [-0.3, -0.25) is 4.79 Å². The van der Waals surface area contributed by atoms with Gasteiger partial charge >= 0.3 is 0 Å². The van der Waals surface area contributed by atoms with Gasteiger partial charge < -0.3 is 9.80 Å². The molecular weight excluding hydrogens is 452 g/mol. The van der Waals surface area contributed by atoms with Crippen molar-refractivity contribution in [1.29, 1.82) is 0 Å². The van der Waals surface area contributed by atoms with Crippen LogP contribution >= 0.6 is 11.3 Å². The minimum atomic E-state index is 0.116. The molecule has 1 aliphatic carbocycles. The highest BCUT2D eigenvalue weighted by molar-refractivity contribution is 7.19. The van der Waals surface area contributed by atoms with Crippen molar-refractivity contribution in [3.63, 3.8) is 0 Å². The zero-order valence-electron chi connectivity index (χ0n) is 20.1. The highest BCUT2D eigenvalue weighted by Gasteiger charge is 2.29. The van der Waals surface area contributed by atoms with Gasteiger partial charge in [0.1, 0.15) is 16.5 Å². The Kier molecular flexibility index (Phi) is 5.98. The number of fused-ring (bicyclic) bond motifs is 3. The number of nitrogens with zero attached hydrogens (tertiary/aromatic N) is 4. The van der Waals surface area contributed by atoms with Crippen molar-refractivity contribution in [2.24, 2.45) is 5.92 Å². The van der Waals surface area contributed by atoms with Crippen LogP contribution in [0.3, 0.4) is 0 Å². The van der Waals surface area contributed by atoms with Crippen LogP contribution in [0.4, 0.5) is 5.82 Å². The van der Waals surface area contributed by atoms with E-state index in [9.17, 15) is 4.79 Å². The molecule has 5 nitrogen and oxygen atoms in total. The maximum atomic E-state index is 13.0. The third-order valence-corrected chi connectivity index (χ3v) is 8.42. The third-order valence-electron chi connectivity index (χ3n) is 7.27. The predicted molar refractivity (Wildman–Crippen MR) is 142 cm³/mol. The molecule has 0 radical (unpaired) electrons. The number of rotatable bonds is 4. The van der Waals surface area contributed by atoms with E-state index in [1.807, 2.05) is 52.6 Å². The topological polar surface area (TPSA) is 49.3 Å². The van der Waals surface area contributed by atoms with Crippen LogP contribution in [0.25, 0.3) is 10.2 Å². The van der Waals surface area contributed by atoms with Gasteiger partial charge in [-0.15, -0.1) is 11.3 Å². The fraction of sp³-hybridized carbons (Fsp3) is 0.345. The van der Waals surface area contributed by atoms with E-state index in [0.29, 0.717) is 13.1 Å². The van der Waals surface area contributed by atoms with E-state index in [-0.39, 0.29) is 5.91 Å². The Morgan fingerprint density at radius 1 is 0.971 bits per heavy atom. The Morgan fingerprint density at radius 2 is 1.69 bits per heavy atom. The van der Waals surface area contributed by atoms with Gasteiger partial charge in [-0.25, -0.2) is 9.97 Å². The minimum absolute atomic E-state index is 0.116. The van der Waals surface area contributed by atoms with E-state index in [1.54, 1.807) is 0 Å². The van der Waals surface area contributed by atoms with Gasteiger partial charge in [-0.2, -0.15) is 0 Å². The smallest absolute Gasteiger partial charge is 0.253 e. The molecule has 1 saturated heterocycles. The summed E-state index contributed by atoms with van der Waals surface area (Å²) in [4.78, 5) is 30.2. The molecule has 1 amide bonds. The number of hydrogen-bond acceptors (Lipinski definition) is 5. The molecule has 2 aromatic carbocycles. The number of aromatic nitrogens is 2. The van der Waals surface area contributed by atoms with Crippen LogP contribution in [0.5, 0.6) is 0 Å². The van der Waals surface area contributed by atoms with Crippen LogP contribution in [-0.2, 0) is 19.3 Å². The lowest BCUT2D eigenvalue weighted by Gasteiger charge is -2.36. The molecule has 2 aliphatic rings. The lowest BCUT2D eigenvalue weighted by molar-refractivity contribution is 0.0746. The summed E-state index contributed by atoms with van der Waals surface area (Å²) in [6.07, 6.45) is 4.21. The Labute approximate surface area is 210 Å². The number of piperazine rings is 1. The Morgan fingerprint density at radius 3 is 2.43 bits per heavy atom. The number of carbonyl (C=O) groups is 1. The largest absolute Gasteiger partial charge is 0.352 e. The number of carbonyl (C=O) groups excluding carboxylic acids is 1. The summed E-state index contributed by atoms with van der Waals surface area (Å²) >= 11 is 1.87. The minimum Gasteiger partial charge on any atom is -0.352 e. The first-order chi connectivity index (χ1) is 17.2. The van der Waals surface area contributed by atoms with Gasteiger partial charge in [-0.1, -0.05) is 55.5 Å². The van der Waals surface area contributed by atoms with Gasteiger partial charge in [-0.05, 0) is 48.4 Å². The zero-order valence-corrected chi connectivity index (χ0v) is 20.9. The molecule has 1 unspecified atom stereocenters. The van der Waals surface area contributed by atoms with E-state index < -0.39 is 0 Å². The lowest BCUT2D eigenvalue weighted by atomic mass is 9.89. The lowest BCUT2D eigenvalue weighted by Crippen LogP contribution is -2.49. The summed E-state index contributed by atoms with van der Waals surface area (Å²) in [5, 5.41) is 1.26. The van der Waals surface area contributed by atoms with E-state index in [2.05, 4.69) is 36.1 Å². The molecule has 6 rings (SSSR count). The average Bonchev–Trinajstić information content (AvgIpc) is 3.26. The second kappa shape index (κ2) is 9.42. The fourth-order valence-electron chi connectivity index (χ4n) is 5.34. The summed E-state index contributed by atoms with van der Waals surface area (Å²) in [7, 11) is 0. The van der Waals surface area contributed by atoms with Crippen molar-refractivity contribution in [3.8, 4) is 0 Å². The van der Waals surface area contributed by atoms with Crippen molar-refractivity contribution in [3.05, 3.63) is 88.1 Å². The molecule has 3 heterocycles. The first-order valence-electron chi connectivity index (χ1n) is 12.6. The van der Waals surface area contributed by atoms with Gasteiger partial charge in [0.15, 0.2) is 0 Å². The van der Waals surface area contributed by atoms with Crippen LogP contribution < -0.4 is 4.90 Å². The predicted octanol–water partition coefficient (Wildman–Crippen LogP) is 5.37. The molecule has 1 aliphatic heterocycles. The molecule has 1 fully saturated rings. The third kappa shape index (κ3) is 4.43. The molecule has 0 bridgehead atoms. The molecule has 0 spiro atoms. The van der Waals surface area contributed by atoms with Gasteiger partial charge in [0, 0.05) is 43.0 Å². The van der Waals surface area contributed by atoms with Gasteiger partial charge in [0.05, 0.1) is 5.39 Å². The van der Waals surface area contributed by atoms with Crippen LogP contribution in [0.15, 0.2) is 60.7 Å². The van der Waals surface area contributed by atoms with Crippen molar-refractivity contribution in [2.75, 3.05) is 31.1 Å². The summed E-state index contributed by atoms with van der Waals surface area (Å²) in [5.41, 5.74) is 3.45. The first-order valence-corrected chi connectivity index (χ1v) is 13.4. The van der Waals surface area contributed by atoms with E-state index in [1.165, 1.54) is 27.8 Å². The fourth-order valence-corrected chi connectivity index (χ4v) is 6.73. The first kappa shape index (κ1) is 22.2. The molecule has 35 heavy (non-hydrogen) atoms. The van der Waals surface area contributed by atoms with Crippen LogP contribution in [0.2, 0.25) is 0 Å². The summed E-state index contributed by atoms with van der Waals surface area (Å²) in [5.74, 6) is 2.79. The van der Waals surface area contributed by atoms with Crippen LogP contribution in [0.1, 0.15) is 45.5 Å². The Hall–Kier alpha value is -3.25. The summed E-state index contributed by atoms with van der Waals surface area (Å²) in [6, 6.07) is 20.1. The van der Waals surface area contributed by atoms with Gasteiger partial charge in [0.25, 0.3) is 5.91 Å².